The van der Waals surface area contributed by atoms with Gasteiger partial charge in [0.2, 0.25) is 0 Å². The van der Waals surface area contributed by atoms with Crippen LogP contribution >= 0.6 is 11.3 Å². The molecule has 0 fully saturated rings. The number of nitrogens with zero attached hydrogens (tertiary/aromatic N) is 4. The highest BCUT2D eigenvalue weighted by Gasteiger charge is 2.20. The van der Waals surface area contributed by atoms with Gasteiger partial charge in [0.15, 0.2) is 5.82 Å². The van der Waals surface area contributed by atoms with Gasteiger partial charge >= 0.3 is 0 Å². The normalized spacial score (nSPS) is 15.4. The fourth-order valence-corrected chi connectivity index (χ4v) is 5.17. The third-order valence-corrected chi connectivity index (χ3v) is 6.61. The minimum absolute atomic E-state index is 0.797. The van der Waals surface area contributed by atoms with Crippen molar-refractivity contribution >= 4 is 17.2 Å². The molecule has 0 saturated carbocycles. The van der Waals surface area contributed by atoms with Crippen LogP contribution in [0.2, 0.25) is 0 Å². The Balaban J connectivity index is 1.34. The molecule has 27 heavy (non-hydrogen) atoms. The van der Waals surface area contributed by atoms with Crippen LogP contribution in [0.5, 0.6) is 0 Å². The maximum absolute atomic E-state index is 4.86. The summed E-state index contributed by atoms with van der Waals surface area (Å²) < 4.78 is 0. The van der Waals surface area contributed by atoms with Gasteiger partial charge in [0, 0.05) is 47.1 Å². The highest BCUT2D eigenvalue weighted by molar-refractivity contribution is 7.11. The standard InChI is InChI=1S/C21H23N5S/c1-2-7-18-17(5-1)24-19(27-18)10-13-23-21-15-4-3-6-16(15)25-20(26-21)14-8-11-22-12-9-14/h8-9,11-12H,1-7,10,13H2,(H,23,25,26). The zero-order chi connectivity index (χ0) is 18.1. The number of anilines is 1. The molecular formula is C21H23N5S. The molecule has 138 valence electrons. The summed E-state index contributed by atoms with van der Waals surface area (Å²) in [5.41, 5.74) is 4.87. The van der Waals surface area contributed by atoms with Crippen LogP contribution < -0.4 is 5.32 Å². The smallest absolute Gasteiger partial charge is 0.161 e. The van der Waals surface area contributed by atoms with Crippen molar-refractivity contribution in [2.24, 2.45) is 0 Å². The van der Waals surface area contributed by atoms with E-state index in [4.69, 9.17) is 15.0 Å². The molecule has 5 nitrogen and oxygen atoms in total. The molecular weight excluding hydrogens is 354 g/mol. The van der Waals surface area contributed by atoms with Crippen molar-refractivity contribution in [3.8, 4) is 11.4 Å². The summed E-state index contributed by atoms with van der Waals surface area (Å²) in [6, 6.07) is 3.95. The van der Waals surface area contributed by atoms with Gasteiger partial charge in [-0.3, -0.25) is 4.98 Å². The second-order valence-corrected chi connectivity index (χ2v) is 8.44. The number of aromatic nitrogens is 4. The van der Waals surface area contributed by atoms with E-state index in [1.54, 1.807) is 12.4 Å². The zero-order valence-electron chi connectivity index (χ0n) is 15.4. The van der Waals surface area contributed by atoms with Crippen LogP contribution in [0.15, 0.2) is 24.5 Å². The quantitative estimate of drug-likeness (QED) is 0.728. The molecule has 0 aromatic carbocycles. The van der Waals surface area contributed by atoms with Gasteiger partial charge in [0.1, 0.15) is 5.82 Å². The van der Waals surface area contributed by atoms with E-state index in [0.29, 0.717) is 0 Å². The summed E-state index contributed by atoms with van der Waals surface area (Å²) in [4.78, 5) is 20.1. The molecule has 0 spiro atoms. The summed E-state index contributed by atoms with van der Waals surface area (Å²) in [5.74, 6) is 1.80. The van der Waals surface area contributed by atoms with Gasteiger partial charge < -0.3 is 5.32 Å². The summed E-state index contributed by atoms with van der Waals surface area (Å²) in [6.07, 6.45) is 12.8. The molecule has 2 aliphatic carbocycles. The van der Waals surface area contributed by atoms with Crippen molar-refractivity contribution < 1.29 is 0 Å². The van der Waals surface area contributed by atoms with Crippen LogP contribution in [0, 0.1) is 0 Å². The Morgan fingerprint density at radius 2 is 1.74 bits per heavy atom. The lowest BCUT2D eigenvalue weighted by atomic mass is 10.0. The van der Waals surface area contributed by atoms with Crippen molar-refractivity contribution in [1.29, 1.82) is 0 Å². The lowest BCUT2D eigenvalue weighted by Crippen LogP contribution is -2.10. The maximum atomic E-state index is 4.86. The van der Waals surface area contributed by atoms with Crippen LogP contribution in [0.3, 0.4) is 0 Å². The van der Waals surface area contributed by atoms with Crippen LogP contribution in [0.25, 0.3) is 11.4 Å². The number of fused-ring (bicyclic) bond motifs is 2. The highest BCUT2D eigenvalue weighted by atomic mass is 32.1. The van der Waals surface area contributed by atoms with Crippen LogP contribution in [0.4, 0.5) is 5.82 Å². The molecule has 2 aliphatic rings. The fourth-order valence-electron chi connectivity index (χ4n) is 4.01. The third-order valence-electron chi connectivity index (χ3n) is 5.39. The number of rotatable bonds is 5. The Morgan fingerprint density at radius 3 is 2.63 bits per heavy atom. The van der Waals surface area contributed by atoms with E-state index >= 15 is 0 Å². The summed E-state index contributed by atoms with van der Waals surface area (Å²) in [7, 11) is 0. The first-order valence-electron chi connectivity index (χ1n) is 9.88. The second kappa shape index (κ2) is 7.35. The summed E-state index contributed by atoms with van der Waals surface area (Å²) in [6.45, 7) is 0.867. The number of hydrogen-bond acceptors (Lipinski definition) is 6. The number of aryl methyl sites for hydroxylation is 3. The molecule has 3 heterocycles. The van der Waals surface area contributed by atoms with Crippen molar-refractivity contribution in [2.75, 3.05) is 11.9 Å². The molecule has 0 radical (unpaired) electrons. The van der Waals surface area contributed by atoms with Crippen molar-refractivity contribution in [3.05, 3.63) is 51.4 Å². The van der Waals surface area contributed by atoms with Gasteiger partial charge in [-0.05, 0) is 57.1 Å². The number of thiazole rings is 1. The van der Waals surface area contributed by atoms with Crippen LogP contribution in [0.1, 0.15) is 46.1 Å². The van der Waals surface area contributed by atoms with E-state index in [1.807, 2.05) is 23.5 Å². The average Bonchev–Trinajstić information content (AvgIpc) is 3.35. The molecule has 0 bridgehead atoms. The van der Waals surface area contributed by atoms with Crippen molar-refractivity contribution in [1.82, 2.24) is 19.9 Å². The molecule has 0 unspecified atom stereocenters. The molecule has 3 aromatic heterocycles. The van der Waals surface area contributed by atoms with Gasteiger partial charge in [-0.15, -0.1) is 11.3 Å². The summed E-state index contributed by atoms with van der Waals surface area (Å²) >= 11 is 1.91. The average molecular weight is 378 g/mol. The SMILES string of the molecule is c1cc(-c2nc3c(c(NCCc4nc5c(s4)CCCC5)n2)CCC3)ccn1. The molecule has 3 aromatic rings. The second-order valence-electron chi connectivity index (χ2n) is 7.27. The minimum Gasteiger partial charge on any atom is -0.369 e. The molecule has 0 aliphatic heterocycles. The Labute approximate surface area is 163 Å². The zero-order valence-corrected chi connectivity index (χ0v) is 16.2. The van der Waals surface area contributed by atoms with Crippen LogP contribution in [-0.4, -0.2) is 26.5 Å². The molecule has 0 atom stereocenters. The van der Waals surface area contributed by atoms with Crippen molar-refractivity contribution in [2.45, 2.75) is 51.4 Å². The molecule has 5 rings (SSSR count). The topological polar surface area (TPSA) is 63.6 Å². The van der Waals surface area contributed by atoms with Crippen LogP contribution in [-0.2, 0) is 32.1 Å². The summed E-state index contributed by atoms with van der Waals surface area (Å²) in [5, 5.41) is 4.84. The van der Waals surface area contributed by atoms with Gasteiger partial charge in [-0.25, -0.2) is 15.0 Å². The first kappa shape index (κ1) is 16.8. The fraction of sp³-hybridized carbons (Fsp3) is 0.429. The van der Waals surface area contributed by atoms with E-state index in [0.717, 1.165) is 55.9 Å². The van der Waals surface area contributed by atoms with Gasteiger partial charge in [0.25, 0.3) is 0 Å². The van der Waals surface area contributed by atoms with Crippen molar-refractivity contribution in [3.63, 3.8) is 0 Å². The molecule has 0 amide bonds. The lowest BCUT2D eigenvalue weighted by molar-refractivity contribution is 0.680. The third kappa shape index (κ3) is 3.46. The maximum Gasteiger partial charge on any atom is 0.161 e. The predicted octanol–water partition coefficient (Wildman–Crippen LogP) is 4.02. The monoisotopic (exact) mass is 377 g/mol. The number of hydrogen-bond donors (Lipinski definition) is 1. The Morgan fingerprint density at radius 1 is 0.889 bits per heavy atom. The van der Waals surface area contributed by atoms with E-state index in [2.05, 4.69) is 10.3 Å². The van der Waals surface area contributed by atoms with Gasteiger partial charge in [-0.2, -0.15) is 0 Å². The number of pyridine rings is 1. The van der Waals surface area contributed by atoms with E-state index in [1.165, 1.54) is 46.1 Å². The van der Waals surface area contributed by atoms with Gasteiger partial charge in [-0.1, -0.05) is 0 Å². The molecule has 1 N–H and O–H groups in total. The Bertz CT molecular complexity index is 927. The van der Waals surface area contributed by atoms with E-state index in [9.17, 15) is 0 Å². The lowest BCUT2D eigenvalue weighted by Gasteiger charge is -2.12. The molecule has 6 heteroatoms. The van der Waals surface area contributed by atoms with Gasteiger partial charge in [0.05, 0.1) is 10.7 Å². The first-order valence-corrected chi connectivity index (χ1v) is 10.7. The highest BCUT2D eigenvalue weighted by Crippen LogP contribution is 2.30. The Hall–Kier alpha value is -2.34. The first-order chi connectivity index (χ1) is 13.4. The minimum atomic E-state index is 0.797. The number of nitrogens with one attached hydrogen (secondary N) is 1. The largest absolute Gasteiger partial charge is 0.369 e. The molecule has 0 saturated heterocycles. The van der Waals surface area contributed by atoms with E-state index < -0.39 is 0 Å². The van der Waals surface area contributed by atoms with E-state index in [-0.39, 0.29) is 0 Å². The predicted molar refractivity (Wildman–Crippen MR) is 108 cm³/mol. The Kier molecular flexibility index (Phi) is 4.57.